The summed E-state index contributed by atoms with van der Waals surface area (Å²) < 4.78 is 0. The lowest BCUT2D eigenvalue weighted by atomic mass is 10.2. The minimum atomic E-state index is 0.638. The van der Waals surface area contributed by atoms with Crippen LogP contribution in [0.25, 0.3) is 0 Å². The molecule has 1 rings (SSSR count). The Balaban J connectivity index is 2.25. The molecule has 0 saturated heterocycles. The van der Waals surface area contributed by atoms with Gasteiger partial charge in [0.05, 0.1) is 0 Å². The van der Waals surface area contributed by atoms with Crippen molar-refractivity contribution >= 4 is 5.69 Å². The second kappa shape index (κ2) is 8.98. The Morgan fingerprint density at radius 2 is 1.78 bits per heavy atom. The molecule has 0 atom stereocenters. The van der Waals surface area contributed by atoms with Crippen molar-refractivity contribution in [2.24, 2.45) is 0 Å². The molecule has 0 amide bonds. The van der Waals surface area contributed by atoms with E-state index in [1.165, 1.54) is 31.5 Å². The maximum atomic E-state index is 3.48. The zero-order valence-corrected chi connectivity index (χ0v) is 12.2. The fraction of sp³-hybridized carbons (Fsp3) is 0.625. The third kappa shape index (κ3) is 6.06. The topological polar surface area (TPSA) is 15.3 Å². The highest BCUT2D eigenvalue weighted by atomic mass is 15.2. The van der Waals surface area contributed by atoms with E-state index < -0.39 is 0 Å². The summed E-state index contributed by atoms with van der Waals surface area (Å²) in [5, 5.41) is 3.48. The van der Waals surface area contributed by atoms with Crippen LogP contribution in [0.1, 0.15) is 40.0 Å². The molecule has 0 aromatic heterocycles. The second-order valence-corrected chi connectivity index (χ2v) is 5.13. The summed E-state index contributed by atoms with van der Waals surface area (Å²) >= 11 is 0. The molecule has 0 saturated carbocycles. The number of hydrogen-bond donors (Lipinski definition) is 1. The number of hydrogen-bond acceptors (Lipinski definition) is 2. The zero-order valence-electron chi connectivity index (χ0n) is 12.2. The molecule has 0 fully saturated rings. The lowest BCUT2D eigenvalue weighted by Crippen LogP contribution is -2.35. The fourth-order valence-corrected chi connectivity index (χ4v) is 2.09. The van der Waals surface area contributed by atoms with Crippen molar-refractivity contribution in [1.29, 1.82) is 0 Å². The summed E-state index contributed by atoms with van der Waals surface area (Å²) in [4.78, 5) is 2.56. The first-order chi connectivity index (χ1) is 8.74. The molecule has 0 bridgehead atoms. The molecule has 2 heteroatoms. The molecule has 0 aliphatic carbocycles. The molecule has 1 aromatic carbocycles. The molecule has 0 spiro atoms. The summed E-state index contributed by atoms with van der Waals surface area (Å²) in [6.45, 7) is 10.2. The van der Waals surface area contributed by atoms with Crippen LogP contribution in [0, 0.1) is 0 Å². The van der Waals surface area contributed by atoms with Crippen molar-refractivity contribution in [1.82, 2.24) is 4.90 Å². The van der Waals surface area contributed by atoms with Gasteiger partial charge in [0.15, 0.2) is 0 Å². The van der Waals surface area contributed by atoms with Crippen molar-refractivity contribution in [3.05, 3.63) is 30.3 Å². The maximum Gasteiger partial charge on any atom is 0.0340 e. The van der Waals surface area contributed by atoms with Gasteiger partial charge >= 0.3 is 0 Å². The van der Waals surface area contributed by atoms with Gasteiger partial charge < -0.3 is 5.32 Å². The van der Waals surface area contributed by atoms with Crippen LogP contribution in [-0.4, -0.2) is 30.6 Å². The Kier molecular flexibility index (Phi) is 7.51. The maximum absolute atomic E-state index is 3.48. The molecule has 2 nitrogen and oxygen atoms in total. The quantitative estimate of drug-likeness (QED) is 0.665. The fourth-order valence-electron chi connectivity index (χ4n) is 2.09. The van der Waals surface area contributed by atoms with E-state index in [0.29, 0.717) is 6.04 Å². The van der Waals surface area contributed by atoms with Crippen molar-refractivity contribution in [3.63, 3.8) is 0 Å². The van der Waals surface area contributed by atoms with Crippen molar-refractivity contribution in [2.45, 2.75) is 46.1 Å². The van der Waals surface area contributed by atoms with E-state index in [1.807, 2.05) is 0 Å². The monoisotopic (exact) mass is 248 g/mol. The Hall–Kier alpha value is -1.02. The molecule has 1 aromatic rings. The van der Waals surface area contributed by atoms with Gasteiger partial charge in [0, 0.05) is 24.8 Å². The van der Waals surface area contributed by atoms with Gasteiger partial charge in [-0.1, -0.05) is 38.0 Å². The van der Waals surface area contributed by atoms with E-state index in [4.69, 9.17) is 0 Å². The third-order valence-corrected chi connectivity index (χ3v) is 3.28. The van der Waals surface area contributed by atoms with Crippen LogP contribution >= 0.6 is 0 Å². The molecule has 0 aliphatic heterocycles. The van der Waals surface area contributed by atoms with E-state index in [2.05, 4.69) is 61.3 Å². The summed E-state index contributed by atoms with van der Waals surface area (Å²) in [7, 11) is 0. The van der Waals surface area contributed by atoms with Gasteiger partial charge in [-0.3, -0.25) is 4.90 Å². The number of nitrogens with zero attached hydrogens (tertiary/aromatic N) is 1. The van der Waals surface area contributed by atoms with E-state index >= 15 is 0 Å². The summed E-state index contributed by atoms with van der Waals surface area (Å²) in [6, 6.07) is 11.1. The standard InChI is InChI=1S/C16H28N2/c1-4-5-9-13-18(15(2)3)14-12-17-16-10-7-6-8-11-16/h6-8,10-11,15,17H,4-5,9,12-14H2,1-3H3. The van der Waals surface area contributed by atoms with Crippen molar-refractivity contribution in [3.8, 4) is 0 Å². The predicted octanol–water partition coefficient (Wildman–Crippen LogP) is 4.00. The van der Waals surface area contributed by atoms with E-state index in [-0.39, 0.29) is 0 Å². The van der Waals surface area contributed by atoms with E-state index in [1.54, 1.807) is 0 Å². The number of unbranched alkanes of at least 4 members (excludes halogenated alkanes) is 2. The number of para-hydroxylation sites is 1. The Labute approximate surface area is 112 Å². The van der Waals surface area contributed by atoms with Gasteiger partial charge in [-0.15, -0.1) is 0 Å². The molecule has 0 aliphatic rings. The summed E-state index contributed by atoms with van der Waals surface area (Å²) in [5.41, 5.74) is 1.22. The minimum Gasteiger partial charge on any atom is -0.384 e. The van der Waals surface area contributed by atoms with Crippen LogP contribution in [0.3, 0.4) is 0 Å². The molecular formula is C16H28N2. The second-order valence-electron chi connectivity index (χ2n) is 5.13. The average Bonchev–Trinajstić information content (AvgIpc) is 2.38. The lowest BCUT2D eigenvalue weighted by Gasteiger charge is -2.26. The Morgan fingerprint density at radius 3 is 2.39 bits per heavy atom. The largest absolute Gasteiger partial charge is 0.384 e. The van der Waals surface area contributed by atoms with Crippen LogP contribution in [0.5, 0.6) is 0 Å². The smallest absolute Gasteiger partial charge is 0.0340 e. The van der Waals surface area contributed by atoms with Crippen LogP contribution in [-0.2, 0) is 0 Å². The number of rotatable bonds is 9. The van der Waals surface area contributed by atoms with Crippen LogP contribution in [0.4, 0.5) is 5.69 Å². The van der Waals surface area contributed by atoms with Gasteiger partial charge in [-0.2, -0.15) is 0 Å². The average molecular weight is 248 g/mol. The predicted molar refractivity (Wildman–Crippen MR) is 81.2 cm³/mol. The number of anilines is 1. The SMILES string of the molecule is CCCCCN(CCNc1ccccc1)C(C)C. The first kappa shape index (κ1) is 15.0. The lowest BCUT2D eigenvalue weighted by molar-refractivity contribution is 0.225. The van der Waals surface area contributed by atoms with Crippen LogP contribution < -0.4 is 5.32 Å². The molecule has 18 heavy (non-hydrogen) atoms. The molecule has 1 N–H and O–H groups in total. The highest BCUT2D eigenvalue weighted by Gasteiger charge is 2.07. The first-order valence-electron chi connectivity index (χ1n) is 7.27. The Morgan fingerprint density at radius 1 is 1.06 bits per heavy atom. The van der Waals surface area contributed by atoms with E-state index in [9.17, 15) is 0 Å². The molecule has 102 valence electrons. The third-order valence-electron chi connectivity index (χ3n) is 3.28. The van der Waals surface area contributed by atoms with E-state index in [0.717, 1.165) is 13.1 Å². The molecular weight excluding hydrogens is 220 g/mol. The normalized spacial score (nSPS) is 11.2. The van der Waals surface area contributed by atoms with Crippen LogP contribution in [0.2, 0.25) is 0 Å². The highest BCUT2D eigenvalue weighted by Crippen LogP contribution is 2.06. The Bertz CT molecular complexity index is 295. The van der Waals surface area contributed by atoms with Gasteiger partial charge in [0.25, 0.3) is 0 Å². The van der Waals surface area contributed by atoms with Gasteiger partial charge in [-0.05, 0) is 38.9 Å². The zero-order chi connectivity index (χ0) is 13.2. The van der Waals surface area contributed by atoms with Gasteiger partial charge in [0.2, 0.25) is 0 Å². The molecule has 0 radical (unpaired) electrons. The number of nitrogens with one attached hydrogen (secondary N) is 1. The minimum absolute atomic E-state index is 0.638. The van der Waals surface area contributed by atoms with Crippen molar-refractivity contribution < 1.29 is 0 Å². The van der Waals surface area contributed by atoms with Gasteiger partial charge in [0.1, 0.15) is 0 Å². The highest BCUT2D eigenvalue weighted by molar-refractivity contribution is 5.42. The number of benzene rings is 1. The van der Waals surface area contributed by atoms with Crippen LogP contribution in [0.15, 0.2) is 30.3 Å². The first-order valence-corrected chi connectivity index (χ1v) is 7.27. The van der Waals surface area contributed by atoms with Crippen molar-refractivity contribution in [2.75, 3.05) is 25.0 Å². The molecule has 0 unspecified atom stereocenters. The summed E-state index contributed by atoms with van der Waals surface area (Å²) in [6.07, 6.45) is 3.96. The summed E-state index contributed by atoms with van der Waals surface area (Å²) in [5.74, 6) is 0. The van der Waals surface area contributed by atoms with Gasteiger partial charge in [-0.25, -0.2) is 0 Å². The molecule has 0 heterocycles.